The fourth-order valence-electron chi connectivity index (χ4n) is 2.22. The van der Waals surface area contributed by atoms with Crippen LogP contribution in [-0.4, -0.2) is 26.4 Å². The predicted octanol–water partition coefficient (Wildman–Crippen LogP) is 3.35. The molecule has 0 heterocycles. The molecule has 5 nitrogen and oxygen atoms in total. The number of carbonyl (C=O) groups is 1. The van der Waals surface area contributed by atoms with E-state index in [1.54, 1.807) is 6.92 Å². The highest BCUT2D eigenvalue weighted by atomic mass is 35.5. The highest BCUT2D eigenvalue weighted by molar-refractivity contribution is 7.89. The van der Waals surface area contributed by atoms with Crippen LogP contribution in [0.2, 0.25) is 10.0 Å². The molecule has 0 unspecified atom stereocenters. The Bertz CT molecular complexity index is 703. The van der Waals surface area contributed by atoms with E-state index in [1.807, 2.05) is 6.92 Å². The molecule has 1 fully saturated rings. The molecule has 23 heavy (non-hydrogen) atoms. The van der Waals surface area contributed by atoms with Crippen molar-refractivity contribution in [2.45, 2.75) is 56.5 Å². The summed E-state index contributed by atoms with van der Waals surface area (Å²) in [5, 5.41) is 2.92. The van der Waals surface area contributed by atoms with Crippen molar-refractivity contribution in [1.29, 1.82) is 0 Å². The summed E-state index contributed by atoms with van der Waals surface area (Å²) in [6, 6.07) is 2.46. The number of nitrogens with one attached hydrogen (secondary N) is 2. The second-order valence-electron chi connectivity index (χ2n) is 5.82. The molecule has 1 aromatic carbocycles. The molecule has 2 rings (SSSR count). The van der Waals surface area contributed by atoms with Gasteiger partial charge in [-0.05, 0) is 38.3 Å². The summed E-state index contributed by atoms with van der Waals surface area (Å²) in [5.41, 5.74) is 0.117. The standard InChI is InChI=1S/C15H20Cl2N2O3S/c1-3-4-9(2)19-23(21,22)14-7-11(12(16)8-13(14)17)15(20)18-10-5-6-10/h7-10,19H,3-6H2,1-2H3,(H,18,20)/t9-/m0/s1. The molecule has 1 atom stereocenters. The molecule has 1 aliphatic rings. The molecule has 0 saturated heterocycles. The summed E-state index contributed by atoms with van der Waals surface area (Å²) in [5.74, 6) is -0.382. The highest BCUT2D eigenvalue weighted by Gasteiger charge is 2.27. The van der Waals surface area contributed by atoms with Crippen molar-refractivity contribution in [3.8, 4) is 0 Å². The van der Waals surface area contributed by atoms with Gasteiger partial charge in [-0.25, -0.2) is 13.1 Å². The van der Waals surface area contributed by atoms with Crippen LogP contribution in [0.3, 0.4) is 0 Å². The minimum Gasteiger partial charge on any atom is -0.349 e. The number of amides is 1. The first-order chi connectivity index (χ1) is 10.7. The molecule has 1 saturated carbocycles. The topological polar surface area (TPSA) is 75.3 Å². The van der Waals surface area contributed by atoms with E-state index in [2.05, 4.69) is 10.0 Å². The zero-order valence-electron chi connectivity index (χ0n) is 13.0. The minimum atomic E-state index is -3.82. The molecule has 2 N–H and O–H groups in total. The van der Waals surface area contributed by atoms with E-state index in [9.17, 15) is 13.2 Å². The Morgan fingerprint density at radius 3 is 2.52 bits per heavy atom. The molecule has 0 bridgehead atoms. The van der Waals surface area contributed by atoms with E-state index in [-0.39, 0.29) is 38.5 Å². The Hall–Kier alpha value is -0.820. The predicted molar refractivity (Wildman–Crippen MR) is 91.6 cm³/mol. The molecule has 128 valence electrons. The number of sulfonamides is 1. The minimum absolute atomic E-state index is 0.00540. The zero-order valence-corrected chi connectivity index (χ0v) is 15.4. The van der Waals surface area contributed by atoms with E-state index in [4.69, 9.17) is 23.2 Å². The third kappa shape index (κ3) is 4.83. The van der Waals surface area contributed by atoms with Crippen molar-refractivity contribution in [2.24, 2.45) is 0 Å². The van der Waals surface area contributed by atoms with Gasteiger partial charge in [-0.15, -0.1) is 0 Å². The van der Waals surface area contributed by atoms with E-state index in [0.717, 1.165) is 19.3 Å². The maximum atomic E-state index is 12.5. The van der Waals surface area contributed by atoms with Gasteiger partial charge in [0.1, 0.15) is 4.90 Å². The number of halogens is 2. The molecule has 0 spiro atoms. The van der Waals surface area contributed by atoms with Crippen molar-refractivity contribution >= 4 is 39.1 Å². The SMILES string of the molecule is CCC[C@H](C)NS(=O)(=O)c1cc(C(=O)NC2CC2)c(Cl)cc1Cl. The van der Waals surface area contributed by atoms with Crippen molar-refractivity contribution in [1.82, 2.24) is 10.0 Å². The lowest BCUT2D eigenvalue weighted by molar-refractivity contribution is 0.0951. The molecule has 1 amide bonds. The largest absolute Gasteiger partial charge is 0.349 e. The third-order valence-corrected chi connectivity index (χ3v) is 5.91. The summed E-state index contributed by atoms with van der Waals surface area (Å²) >= 11 is 12.1. The van der Waals surface area contributed by atoms with Gasteiger partial charge in [-0.2, -0.15) is 0 Å². The van der Waals surface area contributed by atoms with Gasteiger partial charge in [0.05, 0.1) is 15.6 Å². The molecule has 8 heteroatoms. The van der Waals surface area contributed by atoms with Crippen LogP contribution in [0, 0.1) is 0 Å². The lowest BCUT2D eigenvalue weighted by Crippen LogP contribution is -2.33. The Morgan fingerprint density at radius 1 is 1.30 bits per heavy atom. The zero-order chi connectivity index (χ0) is 17.2. The summed E-state index contributed by atoms with van der Waals surface area (Å²) in [6.45, 7) is 3.76. The van der Waals surface area contributed by atoms with Crippen LogP contribution in [0.15, 0.2) is 17.0 Å². The van der Waals surface area contributed by atoms with Crippen LogP contribution in [-0.2, 0) is 10.0 Å². The fraction of sp³-hybridized carbons (Fsp3) is 0.533. The molecular weight excluding hydrogens is 359 g/mol. The van der Waals surface area contributed by atoms with Gasteiger partial charge in [-0.3, -0.25) is 4.79 Å². The van der Waals surface area contributed by atoms with E-state index >= 15 is 0 Å². The maximum Gasteiger partial charge on any atom is 0.253 e. The van der Waals surface area contributed by atoms with Gasteiger partial charge in [0.25, 0.3) is 5.91 Å². The fourth-order valence-corrected chi connectivity index (χ4v) is 4.36. The first-order valence-corrected chi connectivity index (χ1v) is 9.80. The van der Waals surface area contributed by atoms with E-state index in [1.165, 1.54) is 12.1 Å². The van der Waals surface area contributed by atoms with Crippen LogP contribution in [0.1, 0.15) is 49.9 Å². The summed E-state index contributed by atoms with van der Waals surface area (Å²) in [7, 11) is -3.82. The molecule has 1 aliphatic carbocycles. The van der Waals surface area contributed by atoms with E-state index < -0.39 is 10.0 Å². The first kappa shape index (κ1) is 18.5. The molecular formula is C15H20Cl2N2O3S. The quantitative estimate of drug-likeness (QED) is 0.763. The second-order valence-corrected chi connectivity index (χ2v) is 8.32. The normalized spacial score (nSPS) is 16.2. The summed E-state index contributed by atoms with van der Waals surface area (Å²) in [6.07, 6.45) is 3.42. The van der Waals surface area contributed by atoms with Crippen molar-refractivity contribution in [3.05, 3.63) is 27.7 Å². The highest BCUT2D eigenvalue weighted by Crippen LogP contribution is 2.30. The number of hydrogen-bond donors (Lipinski definition) is 2. The molecule has 1 aromatic rings. The Kier molecular flexibility index (Phi) is 5.94. The van der Waals surface area contributed by atoms with Crippen LogP contribution in [0.5, 0.6) is 0 Å². The monoisotopic (exact) mass is 378 g/mol. The van der Waals surface area contributed by atoms with Crippen molar-refractivity contribution in [2.75, 3.05) is 0 Å². The van der Waals surface area contributed by atoms with Crippen LogP contribution < -0.4 is 10.0 Å². The summed E-state index contributed by atoms with van der Waals surface area (Å²) in [4.78, 5) is 12.0. The van der Waals surface area contributed by atoms with Crippen LogP contribution >= 0.6 is 23.2 Å². The van der Waals surface area contributed by atoms with Gasteiger partial charge in [0.2, 0.25) is 10.0 Å². The first-order valence-electron chi connectivity index (χ1n) is 7.56. The van der Waals surface area contributed by atoms with Crippen LogP contribution in [0.25, 0.3) is 0 Å². The number of carbonyl (C=O) groups excluding carboxylic acids is 1. The number of rotatable bonds is 7. The van der Waals surface area contributed by atoms with Gasteiger partial charge in [0, 0.05) is 12.1 Å². The van der Waals surface area contributed by atoms with Crippen LogP contribution in [0.4, 0.5) is 0 Å². The third-order valence-electron chi connectivity index (χ3n) is 3.55. The van der Waals surface area contributed by atoms with Gasteiger partial charge in [0.15, 0.2) is 0 Å². The van der Waals surface area contributed by atoms with Gasteiger partial charge >= 0.3 is 0 Å². The Labute approximate surface area is 146 Å². The maximum absolute atomic E-state index is 12.5. The number of benzene rings is 1. The molecule has 0 radical (unpaired) electrons. The average Bonchev–Trinajstić information content (AvgIpc) is 3.21. The lowest BCUT2D eigenvalue weighted by Gasteiger charge is -2.15. The second kappa shape index (κ2) is 7.38. The Balaban J connectivity index is 2.31. The Morgan fingerprint density at radius 2 is 1.96 bits per heavy atom. The number of hydrogen-bond acceptors (Lipinski definition) is 3. The smallest absolute Gasteiger partial charge is 0.253 e. The van der Waals surface area contributed by atoms with Crippen molar-refractivity contribution < 1.29 is 13.2 Å². The lowest BCUT2D eigenvalue weighted by atomic mass is 10.2. The molecule has 0 aromatic heterocycles. The average molecular weight is 379 g/mol. The van der Waals surface area contributed by atoms with Crippen molar-refractivity contribution in [3.63, 3.8) is 0 Å². The summed E-state index contributed by atoms with van der Waals surface area (Å²) < 4.78 is 27.5. The van der Waals surface area contributed by atoms with Gasteiger partial charge in [-0.1, -0.05) is 36.5 Å². The van der Waals surface area contributed by atoms with E-state index in [0.29, 0.717) is 6.42 Å². The van der Waals surface area contributed by atoms with Gasteiger partial charge < -0.3 is 5.32 Å². The molecule has 0 aliphatic heterocycles.